The summed E-state index contributed by atoms with van der Waals surface area (Å²) < 4.78 is 11.2. The van der Waals surface area contributed by atoms with Crippen molar-refractivity contribution in [2.75, 3.05) is 13.6 Å². The number of ether oxygens (including phenoxy) is 1. The first kappa shape index (κ1) is 23.3. The lowest BCUT2D eigenvalue weighted by molar-refractivity contribution is 0.185. The fourth-order valence-electron chi connectivity index (χ4n) is 2.71. The average Bonchev–Trinajstić information content (AvgIpc) is 3.11. The second-order valence-corrected chi connectivity index (χ2v) is 6.74. The molecule has 0 amide bonds. The quantitative estimate of drug-likeness (QED) is 0.319. The van der Waals surface area contributed by atoms with Crippen molar-refractivity contribution in [1.82, 2.24) is 15.6 Å². The van der Waals surface area contributed by atoms with Gasteiger partial charge < -0.3 is 19.8 Å². The third-order valence-corrected chi connectivity index (χ3v) is 3.85. The summed E-state index contributed by atoms with van der Waals surface area (Å²) in [6.45, 7) is 7.87. The van der Waals surface area contributed by atoms with Gasteiger partial charge in [0.1, 0.15) is 5.76 Å². The van der Waals surface area contributed by atoms with E-state index in [1.807, 2.05) is 24.3 Å². The Morgan fingerprint density at radius 3 is 2.74 bits per heavy atom. The van der Waals surface area contributed by atoms with Crippen LogP contribution in [0.3, 0.4) is 0 Å². The van der Waals surface area contributed by atoms with Gasteiger partial charge in [0.05, 0.1) is 12.4 Å². The molecule has 0 fully saturated rings. The van der Waals surface area contributed by atoms with Gasteiger partial charge in [-0.2, -0.15) is 0 Å². The Balaban J connectivity index is 0.00000364. The molecule has 0 bridgehead atoms. The number of guanidine groups is 1. The van der Waals surface area contributed by atoms with E-state index in [4.69, 9.17) is 9.15 Å². The van der Waals surface area contributed by atoms with Gasteiger partial charge in [-0.05, 0) is 43.0 Å². The summed E-state index contributed by atoms with van der Waals surface area (Å²) in [5, 5.41) is 6.58. The zero-order valence-corrected chi connectivity index (χ0v) is 18.9. The van der Waals surface area contributed by atoms with Crippen LogP contribution in [0.4, 0.5) is 0 Å². The van der Waals surface area contributed by atoms with Gasteiger partial charge in [0.25, 0.3) is 0 Å². The number of furan rings is 1. The standard InChI is InChI=1S/C20H30N4O2.HI/c1-15(2)12-16(3)26-19-13-17(7-9-22-19)14-24-20(21-4)23-10-8-18-6-5-11-25-18;/h5-7,9,11,13,15-16H,8,10,12,14H2,1-4H3,(H2,21,23,24);1H. The second kappa shape index (κ2) is 12.6. The van der Waals surface area contributed by atoms with Gasteiger partial charge in [-0.3, -0.25) is 4.99 Å². The van der Waals surface area contributed by atoms with Crippen molar-refractivity contribution >= 4 is 29.9 Å². The molecule has 0 aliphatic heterocycles. The predicted molar refractivity (Wildman–Crippen MR) is 120 cm³/mol. The largest absolute Gasteiger partial charge is 0.475 e. The molecule has 2 rings (SSSR count). The van der Waals surface area contributed by atoms with Gasteiger partial charge in [0.2, 0.25) is 5.88 Å². The maximum Gasteiger partial charge on any atom is 0.213 e. The lowest BCUT2D eigenvalue weighted by Crippen LogP contribution is -2.37. The molecule has 2 aromatic rings. The van der Waals surface area contributed by atoms with E-state index in [2.05, 4.69) is 41.4 Å². The Labute approximate surface area is 179 Å². The van der Waals surface area contributed by atoms with Gasteiger partial charge in [0, 0.05) is 38.8 Å². The molecular formula is C20H31IN4O2. The van der Waals surface area contributed by atoms with Crippen molar-refractivity contribution in [2.24, 2.45) is 10.9 Å². The number of nitrogens with one attached hydrogen (secondary N) is 2. The molecule has 27 heavy (non-hydrogen) atoms. The van der Waals surface area contributed by atoms with Crippen molar-refractivity contribution in [2.45, 2.75) is 46.3 Å². The molecule has 0 saturated carbocycles. The summed E-state index contributed by atoms with van der Waals surface area (Å²) in [4.78, 5) is 8.55. The maximum absolute atomic E-state index is 5.91. The van der Waals surface area contributed by atoms with E-state index in [0.717, 1.165) is 36.7 Å². The Hall–Kier alpha value is -1.77. The summed E-state index contributed by atoms with van der Waals surface area (Å²) in [5.41, 5.74) is 1.10. The Morgan fingerprint density at radius 2 is 2.07 bits per heavy atom. The van der Waals surface area contributed by atoms with Gasteiger partial charge in [-0.25, -0.2) is 4.98 Å². The van der Waals surface area contributed by atoms with Crippen LogP contribution in [0.1, 0.15) is 38.5 Å². The minimum Gasteiger partial charge on any atom is -0.475 e. The number of pyridine rings is 1. The van der Waals surface area contributed by atoms with Crippen LogP contribution < -0.4 is 15.4 Å². The van der Waals surface area contributed by atoms with E-state index in [1.54, 1.807) is 19.5 Å². The number of hydrogen-bond acceptors (Lipinski definition) is 4. The second-order valence-electron chi connectivity index (χ2n) is 6.74. The zero-order chi connectivity index (χ0) is 18.8. The average molecular weight is 486 g/mol. The van der Waals surface area contributed by atoms with Crippen molar-refractivity contribution in [3.05, 3.63) is 48.0 Å². The SMILES string of the molecule is CN=C(NCCc1ccco1)NCc1ccnc(OC(C)CC(C)C)c1.I. The number of aromatic nitrogens is 1. The molecule has 2 N–H and O–H groups in total. The van der Waals surface area contributed by atoms with Crippen molar-refractivity contribution in [3.8, 4) is 5.88 Å². The minimum atomic E-state index is 0. The first-order chi connectivity index (χ1) is 12.6. The monoisotopic (exact) mass is 486 g/mol. The third-order valence-electron chi connectivity index (χ3n) is 3.85. The fourth-order valence-corrected chi connectivity index (χ4v) is 2.71. The first-order valence-corrected chi connectivity index (χ1v) is 9.15. The van der Waals surface area contributed by atoms with Crippen molar-refractivity contribution in [1.29, 1.82) is 0 Å². The van der Waals surface area contributed by atoms with Crippen LogP contribution in [-0.4, -0.2) is 30.6 Å². The normalized spacial score (nSPS) is 12.4. The highest BCUT2D eigenvalue weighted by atomic mass is 127. The van der Waals surface area contributed by atoms with Crippen LogP contribution in [0, 0.1) is 5.92 Å². The number of hydrogen-bond donors (Lipinski definition) is 2. The van der Waals surface area contributed by atoms with Gasteiger partial charge >= 0.3 is 0 Å². The molecule has 6 nitrogen and oxygen atoms in total. The van der Waals surface area contributed by atoms with E-state index in [-0.39, 0.29) is 30.1 Å². The van der Waals surface area contributed by atoms with E-state index in [9.17, 15) is 0 Å². The Bertz CT molecular complexity index is 674. The summed E-state index contributed by atoms with van der Waals surface area (Å²) >= 11 is 0. The predicted octanol–water partition coefficient (Wildman–Crippen LogP) is 4.01. The van der Waals surface area contributed by atoms with Gasteiger partial charge in [0.15, 0.2) is 5.96 Å². The molecule has 0 aliphatic carbocycles. The number of halogens is 1. The van der Waals surface area contributed by atoms with Gasteiger partial charge in [-0.15, -0.1) is 24.0 Å². The van der Waals surface area contributed by atoms with Crippen LogP contribution in [-0.2, 0) is 13.0 Å². The van der Waals surface area contributed by atoms with Crippen LogP contribution in [0.15, 0.2) is 46.1 Å². The molecule has 0 spiro atoms. The topological polar surface area (TPSA) is 71.7 Å². The van der Waals surface area contributed by atoms with Crippen LogP contribution in [0.2, 0.25) is 0 Å². The van der Waals surface area contributed by atoms with Crippen molar-refractivity contribution < 1.29 is 9.15 Å². The molecule has 1 atom stereocenters. The van der Waals surface area contributed by atoms with Crippen molar-refractivity contribution in [3.63, 3.8) is 0 Å². The molecule has 2 heterocycles. The highest BCUT2D eigenvalue weighted by molar-refractivity contribution is 14.0. The molecule has 2 aromatic heterocycles. The molecule has 0 aliphatic rings. The van der Waals surface area contributed by atoms with Crippen LogP contribution in [0.25, 0.3) is 0 Å². The molecule has 0 aromatic carbocycles. The Morgan fingerprint density at radius 1 is 1.26 bits per heavy atom. The lowest BCUT2D eigenvalue weighted by atomic mass is 10.1. The molecule has 1 unspecified atom stereocenters. The third kappa shape index (κ3) is 9.12. The van der Waals surface area contributed by atoms with E-state index >= 15 is 0 Å². The number of aliphatic imine (C=N–C) groups is 1. The summed E-state index contributed by atoms with van der Waals surface area (Å²) in [6.07, 6.45) is 5.45. The molecule has 150 valence electrons. The zero-order valence-electron chi connectivity index (χ0n) is 16.6. The minimum absolute atomic E-state index is 0. The number of rotatable bonds is 9. The van der Waals surface area contributed by atoms with E-state index in [0.29, 0.717) is 18.3 Å². The molecule has 0 radical (unpaired) electrons. The number of nitrogens with zero attached hydrogens (tertiary/aromatic N) is 2. The maximum atomic E-state index is 5.91. The summed E-state index contributed by atoms with van der Waals surface area (Å²) in [6, 6.07) is 7.81. The van der Waals surface area contributed by atoms with E-state index < -0.39 is 0 Å². The summed E-state index contributed by atoms with van der Waals surface area (Å²) in [7, 11) is 1.76. The molecule has 0 saturated heterocycles. The first-order valence-electron chi connectivity index (χ1n) is 9.15. The fraction of sp³-hybridized carbons (Fsp3) is 0.500. The highest BCUT2D eigenvalue weighted by Gasteiger charge is 2.08. The van der Waals surface area contributed by atoms with Crippen LogP contribution in [0.5, 0.6) is 5.88 Å². The van der Waals surface area contributed by atoms with Gasteiger partial charge in [-0.1, -0.05) is 13.8 Å². The lowest BCUT2D eigenvalue weighted by Gasteiger charge is -2.16. The van der Waals surface area contributed by atoms with E-state index in [1.165, 1.54) is 0 Å². The summed E-state index contributed by atoms with van der Waals surface area (Å²) in [5.74, 6) is 2.98. The smallest absolute Gasteiger partial charge is 0.213 e. The highest BCUT2D eigenvalue weighted by Crippen LogP contribution is 2.14. The molecule has 7 heteroatoms. The molecular weight excluding hydrogens is 455 g/mol. The Kier molecular flexibility index (Phi) is 10.8. The van der Waals surface area contributed by atoms with Crippen LogP contribution >= 0.6 is 24.0 Å².